The summed E-state index contributed by atoms with van der Waals surface area (Å²) in [7, 11) is 0. The zero-order chi connectivity index (χ0) is 22.8. The van der Waals surface area contributed by atoms with Crippen molar-refractivity contribution in [3.8, 4) is 11.4 Å². The number of aromatic nitrogens is 4. The molecule has 0 spiro atoms. The number of hydrogen-bond donors (Lipinski definition) is 0. The van der Waals surface area contributed by atoms with Gasteiger partial charge < -0.3 is 14.3 Å². The molecular weight excluding hydrogens is 436 g/mol. The Morgan fingerprint density at radius 2 is 1.88 bits per heavy atom. The standard InChI is InChI=1S/C24H26N6O2S/c1-16(2)17-3-5-18(6-4-17)22-27-20(32-28-22)7-8-21(31)29-10-12-30(13-11-29)23-19-9-14-33-24(19)26-15-25-23/h3-6,9,14-16H,7-8,10-13H2,1-2H3. The minimum absolute atomic E-state index is 0.110. The number of thiophene rings is 1. The molecule has 0 N–H and O–H groups in total. The molecule has 170 valence electrons. The quantitative estimate of drug-likeness (QED) is 0.425. The van der Waals surface area contributed by atoms with Gasteiger partial charge in [0.25, 0.3) is 0 Å². The Labute approximate surface area is 196 Å². The van der Waals surface area contributed by atoms with Crippen molar-refractivity contribution in [2.24, 2.45) is 0 Å². The first-order chi connectivity index (χ1) is 16.1. The van der Waals surface area contributed by atoms with Crippen molar-refractivity contribution < 1.29 is 9.32 Å². The molecule has 0 radical (unpaired) electrons. The maximum atomic E-state index is 12.8. The Bertz CT molecular complexity index is 1240. The molecule has 0 aliphatic carbocycles. The van der Waals surface area contributed by atoms with E-state index in [1.165, 1.54) is 5.56 Å². The highest BCUT2D eigenvalue weighted by Crippen LogP contribution is 2.27. The number of benzene rings is 1. The van der Waals surface area contributed by atoms with Crippen LogP contribution in [0.5, 0.6) is 0 Å². The average Bonchev–Trinajstić information content (AvgIpc) is 3.52. The van der Waals surface area contributed by atoms with Crippen LogP contribution in [0.1, 0.15) is 37.6 Å². The molecule has 9 heteroatoms. The normalized spacial score (nSPS) is 14.4. The van der Waals surface area contributed by atoms with Crippen LogP contribution in [0.15, 0.2) is 46.6 Å². The Balaban J connectivity index is 1.14. The summed E-state index contributed by atoms with van der Waals surface area (Å²) in [6.45, 7) is 7.18. The highest BCUT2D eigenvalue weighted by Gasteiger charge is 2.23. The fraction of sp³-hybridized carbons (Fsp3) is 0.375. The fourth-order valence-corrected chi connectivity index (χ4v) is 4.79. The van der Waals surface area contributed by atoms with Crippen molar-refractivity contribution in [1.82, 2.24) is 25.0 Å². The SMILES string of the molecule is CC(C)c1ccc(-c2noc(CCC(=O)N3CCN(c4ncnc5sccc45)CC3)n2)cc1. The van der Waals surface area contributed by atoms with Gasteiger partial charge in [0.2, 0.25) is 17.6 Å². The summed E-state index contributed by atoms with van der Waals surface area (Å²) in [5.74, 6) is 2.59. The van der Waals surface area contributed by atoms with Crippen LogP contribution in [-0.2, 0) is 11.2 Å². The van der Waals surface area contributed by atoms with Gasteiger partial charge in [-0.1, -0.05) is 43.3 Å². The predicted octanol–water partition coefficient (Wildman–Crippen LogP) is 4.15. The van der Waals surface area contributed by atoms with E-state index >= 15 is 0 Å². The second-order valence-corrected chi connectivity index (χ2v) is 9.39. The molecule has 3 aromatic heterocycles. The first-order valence-electron chi connectivity index (χ1n) is 11.2. The van der Waals surface area contributed by atoms with Crippen molar-refractivity contribution in [2.45, 2.75) is 32.6 Å². The average molecular weight is 463 g/mol. The summed E-state index contributed by atoms with van der Waals surface area (Å²) >= 11 is 1.62. The highest BCUT2D eigenvalue weighted by atomic mass is 32.1. The summed E-state index contributed by atoms with van der Waals surface area (Å²) in [5, 5.41) is 7.20. The van der Waals surface area contributed by atoms with E-state index in [9.17, 15) is 4.79 Å². The van der Waals surface area contributed by atoms with Gasteiger partial charge in [-0.2, -0.15) is 4.98 Å². The van der Waals surface area contributed by atoms with Gasteiger partial charge in [0.15, 0.2) is 0 Å². The van der Waals surface area contributed by atoms with E-state index in [2.05, 4.69) is 57.1 Å². The third-order valence-corrected chi connectivity index (χ3v) is 6.85. The van der Waals surface area contributed by atoms with Crippen LogP contribution >= 0.6 is 11.3 Å². The zero-order valence-electron chi connectivity index (χ0n) is 18.8. The van der Waals surface area contributed by atoms with Crippen LogP contribution in [0.2, 0.25) is 0 Å². The van der Waals surface area contributed by atoms with Crippen molar-refractivity contribution in [3.05, 3.63) is 53.5 Å². The van der Waals surface area contributed by atoms with Crippen LogP contribution in [-0.4, -0.2) is 57.1 Å². The van der Waals surface area contributed by atoms with Crippen LogP contribution in [0.25, 0.3) is 21.6 Å². The first-order valence-corrected chi connectivity index (χ1v) is 12.1. The number of carbonyl (C=O) groups is 1. The molecular formula is C24H26N6O2S. The minimum atomic E-state index is 0.110. The molecule has 4 aromatic rings. The van der Waals surface area contributed by atoms with Gasteiger partial charge in [-0.15, -0.1) is 11.3 Å². The molecule has 0 saturated carbocycles. The van der Waals surface area contributed by atoms with Crippen LogP contribution in [0.3, 0.4) is 0 Å². The van der Waals surface area contributed by atoms with Crippen molar-refractivity contribution in [2.75, 3.05) is 31.1 Å². The smallest absolute Gasteiger partial charge is 0.227 e. The molecule has 0 bridgehead atoms. The van der Waals surface area contributed by atoms with Gasteiger partial charge in [0.05, 0.1) is 5.39 Å². The Morgan fingerprint density at radius 1 is 1.09 bits per heavy atom. The number of amides is 1. The molecule has 5 rings (SSSR count). The van der Waals surface area contributed by atoms with E-state index in [1.807, 2.05) is 22.4 Å². The predicted molar refractivity (Wildman–Crippen MR) is 128 cm³/mol. The lowest BCUT2D eigenvalue weighted by atomic mass is 10.0. The first kappa shape index (κ1) is 21.5. The number of hydrogen-bond acceptors (Lipinski definition) is 8. The van der Waals surface area contributed by atoms with E-state index < -0.39 is 0 Å². The maximum absolute atomic E-state index is 12.8. The van der Waals surface area contributed by atoms with E-state index in [1.54, 1.807) is 17.7 Å². The van der Waals surface area contributed by atoms with Crippen LogP contribution < -0.4 is 4.90 Å². The summed E-state index contributed by atoms with van der Waals surface area (Å²) in [6, 6.07) is 10.3. The molecule has 1 aliphatic heterocycles. The Hall–Kier alpha value is -3.33. The lowest BCUT2D eigenvalue weighted by Gasteiger charge is -2.35. The highest BCUT2D eigenvalue weighted by molar-refractivity contribution is 7.16. The number of aryl methyl sites for hydroxylation is 1. The Morgan fingerprint density at radius 3 is 2.64 bits per heavy atom. The second-order valence-electron chi connectivity index (χ2n) is 8.49. The van der Waals surface area contributed by atoms with Gasteiger partial charge in [0, 0.05) is 44.6 Å². The van der Waals surface area contributed by atoms with E-state index in [0.29, 0.717) is 43.6 Å². The van der Waals surface area contributed by atoms with Crippen molar-refractivity contribution in [3.63, 3.8) is 0 Å². The number of fused-ring (bicyclic) bond motifs is 1. The lowest BCUT2D eigenvalue weighted by molar-refractivity contribution is -0.131. The second kappa shape index (κ2) is 9.27. The van der Waals surface area contributed by atoms with Crippen LogP contribution in [0.4, 0.5) is 5.82 Å². The number of piperazine rings is 1. The third-order valence-electron chi connectivity index (χ3n) is 6.03. The third kappa shape index (κ3) is 4.59. The Kier molecular flexibility index (Phi) is 6.04. The lowest BCUT2D eigenvalue weighted by Crippen LogP contribution is -2.49. The number of carbonyl (C=O) groups excluding carboxylic acids is 1. The fourth-order valence-electron chi connectivity index (χ4n) is 4.06. The molecule has 4 heterocycles. The molecule has 1 fully saturated rings. The monoisotopic (exact) mass is 462 g/mol. The summed E-state index contributed by atoms with van der Waals surface area (Å²) < 4.78 is 5.39. The molecule has 8 nitrogen and oxygen atoms in total. The van der Waals surface area contributed by atoms with E-state index in [-0.39, 0.29) is 5.91 Å². The van der Waals surface area contributed by atoms with Gasteiger partial charge in [0.1, 0.15) is 17.0 Å². The van der Waals surface area contributed by atoms with Crippen molar-refractivity contribution >= 4 is 33.3 Å². The van der Waals surface area contributed by atoms with Gasteiger partial charge in [-0.3, -0.25) is 4.79 Å². The van der Waals surface area contributed by atoms with Crippen molar-refractivity contribution in [1.29, 1.82) is 0 Å². The van der Waals surface area contributed by atoms with E-state index in [4.69, 9.17) is 4.52 Å². The summed E-state index contributed by atoms with van der Waals surface area (Å²) in [6.07, 6.45) is 2.41. The largest absolute Gasteiger partial charge is 0.352 e. The van der Waals surface area contributed by atoms with Gasteiger partial charge >= 0.3 is 0 Å². The van der Waals surface area contributed by atoms with E-state index in [0.717, 1.165) is 34.7 Å². The molecule has 1 aromatic carbocycles. The van der Waals surface area contributed by atoms with Gasteiger partial charge in [-0.05, 0) is 22.9 Å². The molecule has 1 saturated heterocycles. The maximum Gasteiger partial charge on any atom is 0.227 e. The molecule has 1 amide bonds. The number of anilines is 1. The number of rotatable bonds is 6. The zero-order valence-corrected chi connectivity index (χ0v) is 19.6. The summed E-state index contributed by atoms with van der Waals surface area (Å²) in [4.78, 5) is 31.2. The molecule has 1 aliphatic rings. The topological polar surface area (TPSA) is 88.3 Å². The molecule has 33 heavy (non-hydrogen) atoms. The van der Waals surface area contributed by atoms with Gasteiger partial charge in [-0.25, -0.2) is 9.97 Å². The van der Waals surface area contributed by atoms with Crippen LogP contribution in [0, 0.1) is 0 Å². The molecule has 0 atom stereocenters. The minimum Gasteiger partial charge on any atom is -0.352 e. The molecule has 0 unspecified atom stereocenters. The number of nitrogens with zero attached hydrogens (tertiary/aromatic N) is 6. The summed E-state index contributed by atoms with van der Waals surface area (Å²) in [5.41, 5.74) is 2.19.